The van der Waals surface area contributed by atoms with Crippen LogP contribution in [0.4, 0.5) is 0 Å². The highest BCUT2D eigenvalue weighted by Crippen LogP contribution is 2.31. The lowest BCUT2D eigenvalue weighted by Crippen LogP contribution is -2.12. The number of rotatable bonds is 1. The first-order valence-electron chi connectivity index (χ1n) is 4.84. The van der Waals surface area contributed by atoms with E-state index in [4.69, 9.17) is 4.42 Å². The molecule has 0 bridgehead atoms. The topological polar surface area (TPSA) is 30.2 Å². The molecular weight excluding hydrogens is 164 g/mol. The van der Waals surface area contributed by atoms with Crippen LogP contribution in [0.25, 0.3) is 0 Å². The van der Waals surface area contributed by atoms with Crippen molar-refractivity contribution in [2.24, 2.45) is 0 Å². The van der Waals surface area contributed by atoms with Crippen LogP contribution in [0.15, 0.2) is 16.5 Å². The molecule has 1 heterocycles. The van der Waals surface area contributed by atoms with Crippen molar-refractivity contribution in [3.63, 3.8) is 0 Å². The molecule has 13 heavy (non-hydrogen) atoms. The van der Waals surface area contributed by atoms with Gasteiger partial charge in [0.25, 0.3) is 0 Å². The number of ketones is 1. The molecule has 2 heteroatoms. The summed E-state index contributed by atoms with van der Waals surface area (Å²) in [5, 5.41) is 0. The lowest BCUT2D eigenvalue weighted by atomic mass is 9.87. The van der Waals surface area contributed by atoms with Crippen LogP contribution in [-0.2, 0) is 4.79 Å². The summed E-state index contributed by atoms with van der Waals surface area (Å²) < 4.78 is 5.52. The van der Waals surface area contributed by atoms with Crippen molar-refractivity contribution < 1.29 is 9.21 Å². The number of carbonyl (C=O) groups is 1. The van der Waals surface area contributed by atoms with E-state index in [-0.39, 0.29) is 0 Å². The van der Waals surface area contributed by atoms with E-state index in [9.17, 15) is 4.79 Å². The molecule has 2 nitrogen and oxygen atoms in total. The summed E-state index contributed by atoms with van der Waals surface area (Å²) in [7, 11) is 0. The van der Waals surface area contributed by atoms with Crippen LogP contribution in [0, 0.1) is 6.92 Å². The average Bonchev–Trinajstić information content (AvgIpc) is 2.52. The molecule has 1 aromatic heterocycles. The molecule has 1 aromatic rings. The highest BCUT2D eigenvalue weighted by atomic mass is 16.3. The van der Waals surface area contributed by atoms with Gasteiger partial charge in [-0.1, -0.05) is 0 Å². The van der Waals surface area contributed by atoms with Gasteiger partial charge in [0.15, 0.2) is 0 Å². The molecule has 1 fully saturated rings. The maximum Gasteiger partial charge on any atom is 0.133 e. The molecule has 70 valence electrons. The molecule has 1 atom stereocenters. The van der Waals surface area contributed by atoms with Crippen LogP contribution in [0.3, 0.4) is 0 Å². The van der Waals surface area contributed by atoms with Gasteiger partial charge in [-0.15, -0.1) is 0 Å². The van der Waals surface area contributed by atoms with Gasteiger partial charge in [-0.2, -0.15) is 0 Å². The Labute approximate surface area is 77.9 Å². The molecular formula is C11H14O2. The minimum absolute atomic E-state index is 0.343. The fourth-order valence-corrected chi connectivity index (χ4v) is 1.94. The van der Waals surface area contributed by atoms with Crippen LogP contribution < -0.4 is 0 Å². The zero-order chi connectivity index (χ0) is 9.26. The lowest BCUT2D eigenvalue weighted by molar-refractivity contribution is -0.120. The van der Waals surface area contributed by atoms with E-state index in [2.05, 4.69) is 0 Å². The number of carbonyl (C=O) groups excluding carboxylic acids is 1. The van der Waals surface area contributed by atoms with Crippen molar-refractivity contribution in [2.75, 3.05) is 0 Å². The molecule has 0 unspecified atom stereocenters. The van der Waals surface area contributed by atoms with E-state index in [1.165, 1.54) is 0 Å². The summed E-state index contributed by atoms with van der Waals surface area (Å²) in [5.74, 6) is 2.65. The summed E-state index contributed by atoms with van der Waals surface area (Å²) >= 11 is 0. The minimum atomic E-state index is 0.343. The van der Waals surface area contributed by atoms with Gasteiger partial charge in [-0.3, -0.25) is 4.79 Å². The van der Waals surface area contributed by atoms with Crippen LogP contribution in [0.1, 0.15) is 43.1 Å². The first kappa shape index (κ1) is 8.54. The second kappa shape index (κ2) is 3.36. The third-order valence-corrected chi connectivity index (χ3v) is 2.65. The summed E-state index contributed by atoms with van der Waals surface area (Å²) in [6, 6.07) is 3.97. The molecule has 0 radical (unpaired) electrons. The highest BCUT2D eigenvalue weighted by molar-refractivity contribution is 5.79. The Hall–Kier alpha value is -1.05. The standard InChI is InChI=1S/C11H14O2/c1-8-5-6-11(13-8)9-3-2-4-10(12)7-9/h5-6,9H,2-4,7H2,1H3/t9-/m0/s1. The molecule has 0 aliphatic heterocycles. The van der Waals surface area contributed by atoms with Crippen LogP contribution in [0.2, 0.25) is 0 Å². The third-order valence-electron chi connectivity index (χ3n) is 2.65. The third kappa shape index (κ3) is 1.82. The smallest absolute Gasteiger partial charge is 0.133 e. The van der Waals surface area contributed by atoms with Crippen molar-refractivity contribution >= 4 is 5.78 Å². The van der Waals surface area contributed by atoms with Crippen LogP contribution in [-0.4, -0.2) is 5.78 Å². The molecule has 1 aliphatic carbocycles. The Kier molecular flexibility index (Phi) is 2.21. The van der Waals surface area contributed by atoms with Crippen molar-refractivity contribution in [3.8, 4) is 0 Å². The first-order chi connectivity index (χ1) is 6.25. The Morgan fingerprint density at radius 2 is 2.31 bits per heavy atom. The first-order valence-corrected chi connectivity index (χ1v) is 4.84. The van der Waals surface area contributed by atoms with E-state index in [0.717, 1.165) is 30.8 Å². The average molecular weight is 178 g/mol. The number of aryl methyl sites for hydroxylation is 1. The number of Topliss-reactive ketones (excluding diaryl/α,β-unsaturated/α-hetero) is 1. The second-order valence-electron chi connectivity index (χ2n) is 3.78. The van der Waals surface area contributed by atoms with Gasteiger partial charge < -0.3 is 4.42 Å². The molecule has 2 rings (SSSR count). The maximum atomic E-state index is 11.2. The highest BCUT2D eigenvalue weighted by Gasteiger charge is 2.22. The fraction of sp³-hybridized carbons (Fsp3) is 0.545. The molecule has 0 amide bonds. The van der Waals surface area contributed by atoms with Gasteiger partial charge in [0.2, 0.25) is 0 Å². The van der Waals surface area contributed by atoms with Gasteiger partial charge in [-0.05, 0) is 31.9 Å². The SMILES string of the molecule is Cc1ccc([C@H]2CCCC(=O)C2)o1. The molecule has 0 saturated heterocycles. The summed E-state index contributed by atoms with van der Waals surface area (Å²) in [6.45, 7) is 1.94. The maximum absolute atomic E-state index is 11.2. The largest absolute Gasteiger partial charge is 0.466 e. The predicted octanol–water partition coefficient (Wildman–Crippen LogP) is 2.81. The van der Waals surface area contributed by atoms with Gasteiger partial charge in [-0.25, -0.2) is 0 Å². The minimum Gasteiger partial charge on any atom is -0.466 e. The second-order valence-corrected chi connectivity index (χ2v) is 3.78. The Bertz CT molecular complexity index is 312. The zero-order valence-corrected chi connectivity index (χ0v) is 7.88. The Morgan fingerprint density at radius 1 is 1.46 bits per heavy atom. The molecule has 0 spiro atoms. The van der Waals surface area contributed by atoms with Crippen molar-refractivity contribution in [1.82, 2.24) is 0 Å². The van der Waals surface area contributed by atoms with Gasteiger partial charge in [0.05, 0.1) is 0 Å². The zero-order valence-electron chi connectivity index (χ0n) is 7.88. The molecule has 0 N–H and O–H groups in total. The lowest BCUT2D eigenvalue weighted by Gasteiger charge is -2.18. The Balaban J connectivity index is 2.12. The van der Waals surface area contributed by atoms with E-state index >= 15 is 0 Å². The predicted molar refractivity (Wildman–Crippen MR) is 49.7 cm³/mol. The molecule has 0 aromatic carbocycles. The monoisotopic (exact) mass is 178 g/mol. The normalized spacial score (nSPS) is 23.5. The quantitative estimate of drug-likeness (QED) is 0.662. The number of hydrogen-bond acceptors (Lipinski definition) is 2. The number of furan rings is 1. The summed E-state index contributed by atoms with van der Waals surface area (Å²) in [6.07, 6.45) is 3.55. The van der Waals surface area contributed by atoms with E-state index < -0.39 is 0 Å². The molecule has 1 saturated carbocycles. The fourth-order valence-electron chi connectivity index (χ4n) is 1.94. The summed E-state index contributed by atoms with van der Waals surface area (Å²) in [4.78, 5) is 11.2. The van der Waals surface area contributed by atoms with Crippen LogP contribution >= 0.6 is 0 Å². The summed E-state index contributed by atoms with van der Waals surface area (Å²) in [5.41, 5.74) is 0. The van der Waals surface area contributed by atoms with Crippen molar-refractivity contribution in [2.45, 2.75) is 38.5 Å². The van der Waals surface area contributed by atoms with Crippen molar-refractivity contribution in [3.05, 3.63) is 23.7 Å². The Morgan fingerprint density at radius 3 is 2.92 bits per heavy atom. The van der Waals surface area contributed by atoms with Gasteiger partial charge in [0, 0.05) is 18.8 Å². The van der Waals surface area contributed by atoms with E-state index in [1.807, 2.05) is 19.1 Å². The number of hydrogen-bond donors (Lipinski definition) is 0. The van der Waals surface area contributed by atoms with E-state index in [0.29, 0.717) is 18.1 Å². The van der Waals surface area contributed by atoms with Crippen LogP contribution in [0.5, 0.6) is 0 Å². The van der Waals surface area contributed by atoms with E-state index in [1.54, 1.807) is 0 Å². The van der Waals surface area contributed by atoms with Gasteiger partial charge >= 0.3 is 0 Å². The molecule has 1 aliphatic rings. The van der Waals surface area contributed by atoms with Crippen molar-refractivity contribution in [1.29, 1.82) is 0 Å². The van der Waals surface area contributed by atoms with Gasteiger partial charge in [0.1, 0.15) is 17.3 Å².